The highest BCUT2D eigenvalue weighted by Gasteiger charge is 2.01. The summed E-state index contributed by atoms with van der Waals surface area (Å²) in [6.45, 7) is 2.13. The Kier molecular flexibility index (Phi) is 10.5. The maximum atomic E-state index is 6.17. The van der Waals surface area contributed by atoms with Crippen molar-refractivity contribution in [2.45, 2.75) is 19.6 Å². The molecule has 0 fully saturated rings. The van der Waals surface area contributed by atoms with Crippen LogP contribution in [0.15, 0.2) is 53.5 Å². The van der Waals surface area contributed by atoms with Gasteiger partial charge >= 0.3 is 0 Å². The lowest BCUT2D eigenvalue weighted by Crippen LogP contribution is -2.37. The zero-order chi connectivity index (χ0) is 17.2. The molecule has 136 valence electrons. The number of ether oxygens (including phenoxy) is 1. The molecule has 0 aliphatic heterocycles. The fourth-order valence-corrected chi connectivity index (χ4v) is 2.57. The molecule has 25 heavy (non-hydrogen) atoms. The molecule has 0 heterocycles. The summed E-state index contributed by atoms with van der Waals surface area (Å²) in [6, 6.07) is 16.2. The van der Waals surface area contributed by atoms with Gasteiger partial charge < -0.3 is 15.4 Å². The minimum atomic E-state index is 0. The quantitative estimate of drug-likeness (QED) is 0.363. The topological polar surface area (TPSA) is 45.7 Å². The van der Waals surface area contributed by atoms with Crippen molar-refractivity contribution in [1.29, 1.82) is 0 Å². The maximum Gasteiger partial charge on any atom is 0.191 e. The highest BCUT2D eigenvalue weighted by atomic mass is 127. The molecule has 2 N–H and O–H groups in total. The van der Waals surface area contributed by atoms with E-state index in [2.05, 4.69) is 39.9 Å². The molecule has 2 aromatic carbocycles. The van der Waals surface area contributed by atoms with Crippen molar-refractivity contribution in [2.24, 2.45) is 4.99 Å². The number of nitrogens with one attached hydrogen (secondary N) is 2. The third kappa shape index (κ3) is 7.63. The van der Waals surface area contributed by atoms with Crippen LogP contribution in [0.4, 0.5) is 0 Å². The number of hydrogen-bond acceptors (Lipinski definition) is 2. The lowest BCUT2D eigenvalue weighted by molar-refractivity contribution is 0.185. The van der Waals surface area contributed by atoms with E-state index in [0.29, 0.717) is 6.61 Å². The third-order valence-corrected chi connectivity index (χ3v) is 4.03. The number of nitrogens with zero attached hydrogens (tertiary/aromatic N) is 1. The standard InChI is InChI=1S/C19H24ClN3O.HI/c1-21-19(22-12-11-17-5-3-4-6-18(17)20)23-13-15-7-9-16(10-8-15)14-24-2;/h3-10H,11-14H2,1-2H3,(H2,21,22,23);1H. The van der Waals surface area contributed by atoms with Crippen LogP contribution in [0.5, 0.6) is 0 Å². The fourth-order valence-electron chi connectivity index (χ4n) is 2.34. The molecule has 0 unspecified atom stereocenters. The van der Waals surface area contributed by atoms with Gasteiger partial charge in [-0.15, -0.1) is 24.0 Å². The summed E-state index contributed by atoms with van der Waals surface area (Å²) in [5.41, 5.74) is 3.50. The van der Waals surface area contributed by atoms with Crippen molar-refractivity contribution in [3.8, 4) is 0 Å². The molecule has 0 saturated carbocycles. The van der Waals surface area contributed by atoms with Crippen LogP contribution in [0.25, 0.3) is 0 Å². The summed E-state index contributed by atoms with van der Waals surface area (Å²) in [6.07, 6.45) is 0.853. The number of aliphatic imine (C=N–C) groups is 1. The van der Waals surface area contributed by atoms with E-state index in [1.54, 1.807) is 14.2 Å². The summed E-state index contributed by atoms with van der Waals surface area (Å²) in [4.78, 5) is 4.25. The molecule has 0 radical (unpaired) electrons. The number of hydrogen-bond donors (Lipinski definition) is 2. The second-order valence-electron chi connectivity index (χ2n) is 5.44. The van der Waals surface area contributed by atoms with Gasteiger partial charge in [0, 0.05) is 32.3 Å². The molecule has 0 aliphatic carbocycles. The van der Waals surface area contributed by atoms with Gasteiger partial charge in [-0.2, -0.15) is 0 Å². The van der Waals surface area contributed by atoms with Gasteiger partial charge in [-0.05, 0) is 29.2 Å². The molecule has 0 atom stereocenters. The van der Waals surface area contributed by atoms with Crippen molar-refractivity contribution in [1.82, 2.24) is 10.6 Å². The first-order valence-electron chi connectivity index (χ1n) is 7.97. The molecule has 2 aromatic rings. The van der Waals surface area contributed by atoms with Gasteiger partial charge in [-0.25, -0.2) is 0 Å². The number of methoxy groups -OCH3 is 1. The number of guanidine groups is 1. The molecule has 0 aromatic heterocycles. The minimum absolute atomic E-state index is 0. The van der Waals surface area contributed by atoms with Crippen LogP contribution < -0.4 is 10.6 Å². The van der Waals surface area contributed by atoms with E-state index in [9.17, 15) is 0 Å². The number of halogens is 2. The largest absolute Gasteiger partial charge is 0.380 e. The normalized spacial score (nSPS) is 10.9. The second kappa shape index (κ2) is 12.1. The van der Waals surface area contributed by atoms with Gasteiger partial charge in [0.05, 0.1) is 6.61 Å². The molecular formula is C19H25ClIN3O. The molecule has 0 spiro atoms. The van der Waals surface area contributed by atoms with Crippen molar-refractivity contribution < 1.29 is 4.74 Å². The van der Waals surface area contributed by atoms with E-state index < -0.39 is 0 Å². The summed E-state index contributed by atoms with van der Waals surface area (Å²) in [7, 11) is 3.47. The van der Waals surface area contributed by atoms with Gasteiger partial charge in [0.1, 0.15) is 0 Å². The first-order valence-corrected chi connectivity index (χ1v) is 8.35. The summed E-state index contributed by atoms with van der Waals surface area (Å²) in [5.74, 6) is 0.781. The van der Waals surface area contributed by atoms with Crippen LogP contribution in [0, 0.1) is 0 Å². The molecule has 0 bridgehead atoms. The van der Waals surface area contributed by atoms with E-state index in [0.717, 1.165) is 36.1 Å². The highest BCUT2D eigenvalue weighted by Crippen LogP contribution is 2.14. The highest BCUT2D eigenvalue weighted by molar-refractivity contribution is 14.0. The van der Waals surface area contributed by atoms with Gasteiger partial charge in [-0.3, -0.25) is 4.99 Å². The van der Waals surface area contributed by atoms with E-state index in [4.69, 9.17) is 16.3 Å². The molecule has 4 nitrogen and oxygen atoms in total. The predicted octanol–water partition coefficient (Wildman–Crippen LogP) is 4.01. The smallest absolute Gasteiger partial charge is 0.191 e. The molecule has 0 saturated heterocycles. The zero-order valence-corrected chi connectivity index (χ0v) is 17.7. The van der Waals surface area contributed by atoms with Crippen molar-refractivity contribution in [2.75, 3.05) is 20.7 Å². The molecule has 0 aliphatic rings. The molecule has 6 heteroatoms. The van der Waals surface area contributed by atoms with Gasteiger partial charge in [0.2, 0.25) is 0 Å². The van der Waals surface area contributed by atoms with Crippen LogP contribution in [0.1, 0.15) is 16.7 Å². The van der Waals surface area contributed by atoms with E-state index >= 15 is 0 Å². The van der Waals surface area contributed by atoms with Gasteiger partial charge in [0.15, 0.2) is 5.96 Å². The summed E-state index contributed by atoms with van der Waals surface area (Å²) < 4.78 is 5.12. The van der Waals surface area contributed by atoms with Crippen molar-refractivity contribution in [3.05, 3.63) is 70.2 Å². The maximum absolute atomic E-state index is 6.17. The van der Waals surface area contributed by atoms with Gasteiger partial charge in [-0.1, -0.05) is 54.1 Å². The minimum Gasteiger partial charge on any atom is -0.380 e. The van der Waals surface area contributed by atoms with Crippen LogP contribution in [0.3, 0.4) is 0 Å². The average Bonchev–Trinajstić information content (AvgIpc) is 2.61. The zero-order valence-electron chi connectivity index (χ0n) is 14.6. The molecule has 2 rings (SSSR count). The SMILES string of the molecule is CN=C(NCCc1ccccc1Cl)NCc1ccc(COC)cc1.I. The first kappa shape index (κ1) is 21.7. The Balaban J connectivity index is 0.00000312. The monoisotopic (exact) mass is 473 g/mol. The van der Waals surface area contributed by atoms with Crippen molar-refractivity contribution in [3.63, 3.8) is 0 Å². The van der Waals surface area contributed by atoms with Crippen LogP contribution >= 0.6 is 35.6 Å². The summed E-state index contributed by atoms with van der Waals surface area (Å²) in [5, 5.41) is 7.42. The van der Waals surface area contributed by atoms with Crippen LogP contribution in [-0.2, 0) is 24.3 Å². The van der Waals surface area contributed by atoms with Crippen LogP contribution in [0.2, 0.25) is 5.02 Å². The number of benzene rings is 2. The Morgan fingerprint density at radius 1 is 1.04 bits per heavy atom. The Morgan fingerprint density at radius 3 is 2.36 bits per heavy atom. The molecule has 0 amide bonds. The lowest BCUT2D eigenvalue weighted by Gasteiger charge is -2.12. The Bertz CT molecular complexity index is 662. The Morgan fingerprint density at radius 2 is 1.72 bits per heavy atom. The third-order valence-electron chi connectivity index (χ3n) is 3.66. The number of rotatable bonds is 7. The summed E-state index contributed by atoms with van der Waals surface area (Å²) >= 11 is 6.17. The van der Waals surface area contributed by atoms with Gasteiger partial charge in [0.25, 0.3) is 0 Å². The predicted molar refractivity (Wildman–Crippen MR) is 116 cm³/mol. The Hall–Kier alpha value is -1.31. The first-order chi connectivity index (χ1) is 11.7. The van der Waals surface area contributed by atoms with E-state index in [1.165, 1.54) is 11.1 Å². The fraction of sp³-hybridized carbons (Fsp3) is 0.316. The molecular weight excluding hydrogens is 449 g/mol. The average molecular weight is 474 g/mol. The van der Waals surface area contributed by atoms with E-state index in [-0.39, 0.29) is 24.0 Å². The van der Waals surface area contributed by atoms with E-state index in [1.807, 2.05) is 24.3 Å². The second-order valence-corrected chi connectivity index (χ2v) is 5.85. The van der Waals surface area contributed by atoms with Crippen molar-refractivity contribution >= 4 is 41.5 Å². The van der Waals surface area contributed by atoms with Crippen LogP contribution in [-0.4, -0.2) is 26.7 Å². The Labute approximate surface area is 172 Å². The lowest BCUT2D eigenvalue weighted by atomic mass is 10.1.